The van der Waals surface area contributed by atoms with Gasteiger partial charge in [0, 0.05) is 18.8 Å². The molecule has 1 saturated heterocycles. The minimum atomic E-state index is -4.49. The van der Waals surface area contributed by atoms with E-state index in [9.17, 15) is 26.4 Å². The number of alkyl halides is 3. The molecule has 4 N–H and O–H groups in total. The second-order valence-corrected chi connectivity index (χ2v) is 8.78. The van der Waals surface area contributed by atoms with Gasteiger partial charge in [-0.1, -0.05) is 29.8 Å². The molecule has 11 heteroatoms. The summed E-state index contributed by atoms with van der Waals surface area (Å²) in [6, 6.07) is 11.3. The van der Waals surface area contributed by atoms with Crippen molar-refractivity contribution in [1.82, 2.24) is 16.2 Å². The number of rotatable bonds is 6. The topological polar surface area (TPSA) is 99.3 Å². The lowest BCUT2D eigenvalue weighted by Gasteiger charge is -2.19. The molecule has 0 bridgehead atoms. The predicted octanol–water partition coefficient (Wildman–Crippen LogP) is 2.12. The Morgan fingerprint density at radius 2 is 1.87 bits per heavy atom. The molecule has 162 valence electrons. The van der Waals surface area contributed by atoms with E-state index in [1.54, 1.807) is 24.3 Å². The maximum Gasteiger partial charge on any atom is 0.416 e. The third-order valence-corrected chi connectivity index (χ3v) is 6.27. The molecular formula is C19H21F3N4O3S. The molecule has 7 nitrogen and oxygen atoms in total. The third-order valence-electron chi connectivity index (χ3n) is 4.64. The summed E-state index contributed by atoms with van der Waals surface area (Å²) in [5.74, 6) is -1.57. The number of nitrogens with one attached hydrogen (secondary N) is 4. The third kappa shape index (κ3) is 5.29. The monoisotopic (exact) mass is 442 g/mol. The van der Waals surface area contributed by atoms with E-state index >= 15 is 0 Å². The smallest absolute Gasteiger partial charge is 0.352 e. The van der Waals surface area contributed by atoms with Gasteiger partial charge in [0.15, 0.2) is 5.37 Å². The van der Waals surface area contributed by atoms with Crippen LogP contribution in [0.1, 0.15) is 16.7 Å². The van der Waals surface area contributed by atoms with Crippen molar-refractivity contribution in [3.8, 4) is 0 Å². The number of hydrogen-bond donors (Lipinski definition) is 4. The molecule has 1 aliphatic heterocycles. The molecule has 2 aromatic rings. The number of hydrogen-bond acceptors (Lipinski definition) is 5. The normalized spacial score (nSPS) is 19.5. The van der Waals surface area contributed by atoms with Crippen LogP contribution in [0.3, 0.4) is 0 Å². The van der Waals surface area contributed by atoms with Gasteiger partial charge in [0.05, 0.1) is 11.5 Å². The molecule has 0 saturated carbocycles. The number of benzene rings is 2. The van der Waals surface area contributed by atoms with E-state index in [1.807, 2.05) is 6.92 Å². The van der Waals surface area contributed by atoms with Crippen LogP contribution in [0.15, 0.2) is 48.5 Å². The summed E-state index contributed by atoms with van der Waals surface area (Å²) in [4.78, 5) is 12.5. The quantitative estimate of drug-likeness (QED) is 0.549. The summed E-state index contributed by atoms with van der Waals surface area (Å²) in [7, 11) is -3.96. The molecular weight excluding hydrogens is 421 g/mol. The van der Waals surface area contributed by atoms with E-state index in [-0.39, 0.29) is 18.7 Å². The molecule has 0 aliphatic carbocycles. The zero-order chi connectivity index (χ0) is 21.9. The second kappa shape index (κ2) is 8.62. The molecule has 1 heterocycles. The first-order valence-electron chi connectivity index (χ1n) is 9.07. The van der Waals surface area contributed by atoms with Crippen LogP contribution in [0.5, 0.6) is 0 Å². The van der Waals surface area contributed by atoms with Crippen molar-refractivity contribution < 1.29 is 26.4 Å². The number of halogens is 3. The molecule has 0 spiro atoms. The van der Waals surface area contributed by atoms with Crippen molar-refractivity contribution in [2.24, 2.45) is 5.92 Å². The number of sulfonamides is 1. The Bertz CT molecular complexity index is 1010. The summed E-state index contributed by atoms with van der Waals surface area (Å²) in [5.41, 5.74) is 5.99. The number of hydrazine groups is 1. The van der Waals surface area contributed by atoms with Gasteiger partial charge in [-0.2, -0.15) is 13.2 Å². The first-order valence-corrected chi connectivity index (χ1v) is 10.6. The van der Waals surface area contributed by atoms with Gasteiger partial charge in [0.1, 0.15) is 0 Å². The van der Waals surface area contributed by atoms with Gasteiger partial charge in [-0.25, -0.2) is 13.8 Å². The Morgan fingerprint density at radius 3 is 2.53 bits per heavy atom. The molecule has 0 aromatic heterocycles. The van der Waals surface area contributed by atoms with E-state index in [2.05, 4.69) is 20.9 Å². The van der Waals surface area contributed by atoms with Gasteiger partial charge in [-0.15, -0.1) is 0 Å². The van der Waals surface area contributed by atoms with Gasteiger partial charge >= 0.3 is 6.18 Å². The van der Waals surface area contributed by atoms with Crippen molar-refractivity contribution in [3.63, 3.8) is 0 Å². The largest absolute Gasteiger partial charge is 0.416 e. The number of anilines is 1. The highest BCUT2D eigenvalue weighted by atomic mass is 32.2. The Labute approximate surface area is 172 Å². The number of amides is 1. The average Bonchev–Trinajstić information content (AvgIpc) is 3.18. The van der Waals surface area contributed by atoms with Crippen molar-refractivity contribution >= 4 is 21.6 Å². The van der Waals surface area contributed by atoms with Crippen LogP contribution in [0, 0.1) is 12.8 Å². The number of carbonyl (C=O) groups is 1. The zero-order valence-electron chi connectivity index (χ0n) is 16.0. The van der Waals surface area contributed by atoms with Gasteiger partial charge < -0.3 is 5.32 Å². The summed E-state index contributed by atoms with van der Waals surface area (Å²) in [6.07, 6.45) is -4.49. The molecule has 3 rings (SSSR count). The molecule has 30 heavy (non-hydrogen) atoms. The highest BCUT2D eigenvalue weighted by Gasteiger charge is 2.41. The molecule has 1 amide bonds. The molecule has 0 radical (unpaired) electrons. The summed E-state index contributed by atoms with van der Waals surface area (Å²) in [5, 5.41) is 1.26. The summed E-state index contributed by atoms with van der Waals surface area (Å²) < 4.78 is 66.3. The standard InChI is InChI=1S/C19H21F3N4O3S/c1-12-5-7-15(8-6-12)26-30(28,29)18-16(11-24-25-18)17(27)23-10-13-3-2-4-14(9-13)19(20,21)22/h2-9,16,18,24-26H,10-11H2,1H3,(H,23,27). The molecule has 2 unspecified atom stereocenters. The maximum absolute atomic E-state index is 12.8. The highest BCUT2D eigenvalue weighted by Crippen LogP contribution is 2.29. The van der Waals surface area contributed by atoms with Crippen LogP contribution in [-0.2, 0) is 27.5 Å². The van der Waals surface area contributed by atoms with Crippen molar-refractivity contribution in [2.45, 2.75) is 25.0 Å². The zero-order valence-corrected chi connectivity index (χ0v) is 16.8. The van der Waals surface area contributed by atoms with E-state index in [1.165, 1.54) is 12.1 Å². The van der Waals surface area contributed by atoms with Gasteiger partial charge in [0.25, 0.3) is 10.0 Å². The Kier molecular flexibility index (Phi) is 6.34. The van der Waals surface area contributed by atoms with E-state index in [0.29, 0.717) is 5.69 Å². The molecule has 2 aromatic carbocycles. The molecule has 1 aliphatic rings. The number of carbonyl (C=O) groups excluding carboxylic acids is 1. The fraction of sp³-hybridized carbons (Fsp3) is 0.316. The first kappa shape index (κ1) is 22.1. The van der Waals surface area contributed by atoms with Gasteiger partial charge in [0.2, 0.25) is 5.91 Å². The second-order valence-electron chi connectivity index (χ2n) is 6.98. The van der Waals surface area contributed by atoms with E-state index in [0.717, 1.165) is 17.7 Å². The lowest BCUT2D eigenvalue weighted by molar-refractivity contribution is -0.137. The SMILES string of the molecule is Cc1ccc(NS(=O)(=O)C2NNCC2C(=O)NCc2cccc(C(F)(F)F)c2)cc1. The van der Waals surface area contributed by atoms with Gasteiger partial charge in [-0.3, -0.25) is 14.9 Å². The van der Waals surface area contributed by atoms with Crippen LogP contribution in [0.25, 0.3) is 0 Å². The predicted molar refractivity (Wildman–Crippen MR) is 105 cm³/mol. The summed E-state index contributed by atoms with van der Waals surface area (Å²) >= 11 is 0. The Hall–Kier alpha value is -2.63. The van der Waals surface area contributed by atoms with Crippen molar-refractivity contribution in [1.29, 1.82) is 0 Å². The van der Waals surface area contributed by atoms with Crippen LogP contribution in [-0.4, -0.2) is 26.2 Å². The van der Waals surface area contributed by atoms with E-state index < -0.39 is 39.0 Å². The van der Waals surface area contributed by atoms with Crippen molar-refractivity contribution in [3.05, 3.63) is 65.2 Å². The van der Waals surface area contributed by atoms with Crippen molar-refractivity contribution in [2.75, 3.05) is 11.3 Å². The van der Waals surface area contributed by atoms with Crippen LogP contribution < -0.4 is 20.9 Å². The highest BCUT2D eigenvalue weighted by molar-refractivity contribution is 7.93. The lowest BCUT2D eigenvalue weighted by atomic mass is 10.1. The van der Waals surface area contributed by atoms with Crippen LogP contribution in [0.4, 0.5) is 18.9 Å². The summed E-state index contributed by atoms with van der Waals surface area (Å²) in [6.45, 7) is 1.76. The molecule has 2 atom stereocenters. The minimum Gasteiger partial charge on any atom is -0.352 e. The fourth-order valence-corrected chi connectivity index (χ4v) is 4.51. The van der Waals surface area contributed by atoms with Crippen LogP contribution in [0.2, 0.25) is 0 Å². The maximum atomic E-state index is 12.8. The first-order chi connectivity index (χ1) is 14.1. The van der Waals surface area contributed by atoms with Gasteiger partial charge in [-0.05, 0) is 36.8 Å². The Balaban J connectivity index is 1.66. The van der Waals surface area contributed by atoms with Crippen LogP contribution >= 0.6 is 0 Å². The minimum absolute atomic E-state index is 0.0495. The van der Waals surface area contributed by atoms with E-state index in [4.69, 9.17) is 0 Å². The molecule has 1 fully saturated rings. The average molecular weight is 442 g/mol. The lowest BCUT2D eigenvalue weighted by Crippen LogP contribution is -2.46. The fourth-order valence-electron chi connectivity index (χ4n) is 3.03. The number of aryl methyl sites for hydroxylation is 1. The Morgan fingerprint density at radius 1 is 1.17 bits per heavy atom.